The summed E-state index contributed by atoms with van der Waals surface area (Å²) < 4.78 is 4.25. The van der Waals surface area contributed by atoms with Crippen molar-refractivity contribution < 1.29 is 4.74 Å². The molecule has 0 radical (unpaired) electrons. The molecule has 1 rings (SSSR count). The van der Waals surface area contributed by atoms with Crippen LogP contribution in [0.4, 0.5) is 0 Å². The minimum absolute atomic E-state index is 0.112. The molecule has 1 aromatic rings. The Morgan fingerprint density at radius 3 is 2.07 bits per heavy atom. The largest absolute Gasteiger partial charge is 0.388 e. The summed E-state index contributed by atoms with van der Waals surface area (Å²) in [6.45, 7) is 6.36. The lowest BCUT2D eigenvalue weighted by Crippen LogP contribution is -2.11. The monoisotopic (exact) mass is 206 g/mol. The van der Waals surface area contributed by atoms with Crippen molar-refractivity contribution in [3.05, 3.63) is 29.6 Å². The molecule has 0 N–H and O–H groups in total. The second kappa shape index (κ2) is 6.15. The van der Waals surface area contributed by atoms with E-state index < -0.39 is 0 Å². The zero-order valence-electron chi connectivity index (χ0n) is 10.0. The molecule has 0 saturated carbocycles. The maximum absolute atomic E-state index is 8.52. The Hall–Kier alpha value is -1.40. The van der Waals surface area contributed by atoms with Crippen LogP contribution in [0, 0.1) is 11.3 Å². The van der Waals surface area contributed by atoms with Gasteiger partial charge in [-0.3, -0.25) is 0 Å². The average molecular weight is 206 g/mol. The van der Waals surface area contributed by atoms with Crippen LogP contribution in [0.5, 0.6) is 0 Å². The standard InChI is InChI=1S/C10H12N2.C2H6O/c1-10(2,3)8-4-5-9(6-11)12-7-8;1-3-2/h4-5,7H,1-3H3;1-2H3. The van der Waals surface area contributed by atoms with Crippen LogP contribution in [-0.2, 0) is 10.2 Å². The summed E-state index contributed by atoms with van der Waals surface area (Å²) in [7, 11) is 3.25. The number of aromatic nitrogens is 1. The van der Waals surface area contributed by atoms with E-state index in [1.165, 1.54) is 0 Å². The van der Waals surface area contributed by atoms with Gasteiger partial charge in [0.25, 0.3) is 0 Å². The molecule has 0 bridgehead atoms. The third-order valence-corrected chi connectivity index (χ3v) is 1.74. The van der Waals surface area contributed by atoms with E-state index in [4.69, 9.17) is 5.26 Å². The van der Waals surface area contributed by atoms with Crippen LogP contribution in [-0.4, -0.2) is 19.2 Å². The van der Waals surface area contributed by atoms with Crippen molar-refractivity contribution in [2.45, 2.75) is 26.2 Å². The quantitative estimate of drug-likeness (QED) is 0.655. The predicted molar refractivity (Wildman–Crippen MR) is 60.6 cm³/mol. The van der Waals surface area contributed by atoms with Crippen LogP contribution in [0.15, 0.2) is 18.3 Å². The molecule has 0 unspecified atom stereocenters. The smallest absolute Gasteiger partial charge is 0.140 e. The Kier molecular flexibility index (Phi) is 5.58. The van der Waals surface area contributed by atoms with E-state index in [1.54, 1.807) is 26.5 Å². The zero-order chi connectivity index (χ0) is 11.9. The summed E-state index contributed by atoms with van der Waals surface area (Å²) in [6, 6.07) is 5.70. The highest BCUT2D eigenvalue weighted by atomic mass is 16.4. The highest BCUT2D eigenvalue weighted by molar-refractivity contribution is 5.26. The van der Waals surface area contributed by atoms with Crippen molar-refractivity contribution in [3.63, 3.8) is 0 Å². The van der Waals surface area contributed by atoms with Gasteiger partial charge in [0.05, 0.1) is 0 Å². The number of nitrogens with zero attached hydrogens (tertiary/aromatic N) is 2. The number of hydrogen-bond donors (Lipinski definition) is 0. The van der Waals surface area contributed by atoms with Gasteiger partial charge in [-0.05, 0) is 17.0 Å². The first-order chi connectivity index (χ1) is 6.95. The van der Waals surface area contributed by atoms with Gasteiger partial charge in [-0.15, -0.1) is 0 Å². The van der Waals surface area contributed by atoms with Gasteiger partial charge in [0.2, 0.25) is 0 Å². The summed E-state index contributed by atoms with van der Waals surface area (Å²) >= 11 is 0. The Balaban J connectivity index is 0.000000583. The van der Waals surface area contributed by atoms with E-state index in [1.807, 2.05) is 12.1 Å². The topological polar surface area (TPSA) is 45.9 Å². The predicted octanol–water partition coefficient (Wildman–Crippen LogP) is 2.51. The Morgan fingerprint density at radius 2 is 1.80 bits per heavy atom. The van der Waals surface area contributed by atoms with Gasteiger partial charge in [-0.25, -0.2) is 4.98 Å². The maximum Gasteiger partial charge on any atom is 0.140 e. The van der Waals surface area contributed by atoms with Crippen molar-refractivity contribution in [2.75, 3.05) is 14.2 Å². The highest BCUT2D eigenvalue weighted by Gasteiger charge is 2.13. The normalized spacial score (nSPS) is 9.87. The minimum atomic E-state index is 0.112. The van der Waals surface area contributed by atoms with E-state index in [0.717, 1.165) is 5.56 Å². The summed E-state index contributed by atoms with van der Waals surface area (Å²) in [5.74, 6) is 0. The van der Waals surface area contributed by atoms with Crippen molar-refractivity contribution in [1.29, 1.82) is 5.26 Å². The van der Waals surface area contributed by atoms with Crippen LogP contribution in [0.25, 0.3) is 0 Å². The van der Waals surface area contributed by atoms with Crippen molar-refractivity contribution in [2.24, 2.45) is 0 Å². The van der Waals surface area contributed by atoms with Gasteiger partial charge >= 0.3 is 0 Å². The van der Waals surface area contributed by atoms with Crippen LogP contribution in [0.3, 0.4) is 0 Å². The van der Waals surface area contributed by atoms with E-state index >= 15 is 0 Å². The average Bonchev–Trinajstić information content (AvgIpc) is 2.18. The van der Waals surface area contributed by atoms with Crippen molar-refractivity contribution in [3.8, 4) is 6.07 Å². The van der Waals surface area contributed by atoms with Crippen molar-refractivity contribution >= 4 is 0 Å². The summed E-state index contributed by atoms with van der Waals surface area (Å²) in [4.78, 5) is 4.00. The fourth-order valence-electron chi connectivity index (χ4n) is 0.904. The van der Waals surface area contributed by atoms with Crippen molar-refractivity contribution in [1.82, 2.24) is 4.98 Å². The van der Waals surface area contributed by atoms with E-state index in [-0.39, 0.29) is 5.41 Å². The molecule has 0 saturated heterocycles. The Labute approximate surface area is 91.7 Å². The number of nitriles is 1. The lowest BCUT2D eigenvalue weighted by atomic mass is 9.88. The maximum atomic E-state index is 8.52. The fraction of sp³-hybridized carbons (Fsp3) is 0.500. The van der Waals surface area contributed by atoms with Gasteiger partial charge in [0.15, 0.2) is 0 Å². The molecule has 1 heterocycles. The van der Waals surface area contributed by atoms with Gasteiger partial charge in [0.1, 0.15) is 11.8 Å². The molecule has 0 fully saturated rings. The third kappa shape index (κ3) is 5.14. The van der Waals surface area contributed by atoms with Gasteiger partial charge in [-0.2, -0.15) is 5.26 Å². The molecule has 0 aliphatic rings. The molecule has 0 spiro atoms. The fourth-order valence-corrected chi connectivity index (χ4v) is 0.904. The van der Waals surface area contributed by atoms with E-state index in [9.17, 15) is 0 Å². The van der Waals surface area contributed by atoms with Crippen LogP contribution in [0.2, 0.25) is 0 Å². The molecule has 0 aliphatic heterocycles. The molecule has 15 heavy (non-hydrogen) atoms. The van der Waals surface area contributed by atoms with E-state index in [2.05, 4.69) is 30.5 Å². The molecule has 0 aliphatic carbocycles. The molecule has 1 aromatic heterocycles. The molecule has 82 valence electrons. The zero-order valence-corrected chi connectivity index (χ0v) is 10.0. The number of pyridine rings is 1. The highest BCUT2D eigenvalue weighted by Crippen LogP contribution is 2.20. The van der Waals surface area contributed by atoms with Crippen LogP contribution >= 0.6 is 0 Å². The molecule has 3 nitrogen and oxygen atoms in total. The summed E-state index contributed by atoms with van der Waals surface area (Å²) in [5, 5.41) is 8.52. The summed E-state index contributed by atoms with van der Waals surface area (Å²) in [5.41, 5.74) is 1.74. The third-order valence-electron chi connectivity index (χ3n) is 1.74. The second-order valence-electron chi connectivity index (χ2n) is 4.20. The van der Waals surface area contributed by atoms with E-state index in [0.29, 0.717) is 5.69 Å². The summed E-state index contributed by atoms with van der Waals surface area (Å²) in [6.07, 6.45) is 1.76. The second-order valence-corrected chi connectivity index (χ2v) is 4.20. The molecule has 0 amide bonds. The van der Waals surface area contributed by atoms with Gasteiger partial charge < -0.3 is 4.74 Å². The SMILES string of the molecule is CC(C)(C)c1ccc(C#N)nc1.COC. The first-order valence-corrected chi connectivity index (χ1v) is 4.72. The van der Waals surface area contributed by atoms with Gasteiger partial charge in [0, 0.05) is 20.4 Å². The molecular formula is C12H18N2O. The molecule has 0 atom stereocenters. The minimum Gasteiger partial charge on any atom is -0.388 e. The lowest BCUT2D eigenvalue weighted by Gasteiger charge is -2.17. The number of rotatable bonds is 0. The van der Waals surface area contributed by atoms with Gasteiger partial charge in [-0.1, -0.05) is 26.8 Å². The first kappa shape index (κ1) is 13.6. The number of hydrogen-bond acceptors (Lipinski definition) is 3. The Morgan fingerprint density at radius 1 is 1.27 bits per heavy atom. The van der Waals surface area contributed by atoms with Crippen LogP contribution < -0.4 is 0 Å². The lowest BCUT2D eigenvalue weighted by molar-refractivity contribution is 0.277. The van der Waals surface area contributed by atoms with Crippen LogP contribution in [0.1, 0.15) is 32.0 Å². The molecular weight excluding hydrogens is 188 g/mol. The first-order valence-electron chi connectivity index (χ1n) is 4.72. The molecule has 0 aromatic carbocycles. The number of ether oxygens (including phenoxy) is 1. The number of methoxy groups -OCH3 is 1. The molecule has 3 heteroatoms. The Bertz CT molecular complexity index is 317.